The molecule has 1 aromatic carbocycles. The van der Waals surface area contributed by atoms with Crippen LogP contribution in [0.2, 0.25) is 0 Å². The van der Waals surface area contributed by atoms with Crippen molar-refractivity contribution in [2.45, 2.75) is 32.2 Å². The number of sulfonamides is 1. The monoisotopic (exact) mass is 398 g/mol. The minimum Gasteiger partial charge on any atom is -0.295 e. The van der Waals surface area contributed by atoms with Crippen LogP contribution in [0.4, 0.5) is 0 Å². The van der Waals surface area contributed by atoms with Crippen molar-refractivity contribution in [1.82, 2.24) is 18.8 Å². The number of hydrogen-bond donors (Lipinski definition) is 0. The van der Waals surface area contributed by atoms with Crippen LogP contribution in [0.25, 0.3) is 5.52 Å². The molecule has 6 nitrogen and oxygen atoms in total. The van der Waals surface area contributed by atoms with Crippen molar-refractivity contribution in [2.24, 2.45) is 0 Å². The van der Waals surface area contributed by atoms with Crippen LogP contribution in [-0.4, -0.2) is 53.4 Å². The van der Waals surface area contributed by atoms with Gasteiger partial charge in [-0.25, -0.2) is 12.9 Å². The third kappa shape index (κ3) is 3.57. The van der Waals surface area contributed by atoms with Gasteiger partial charge in [-0.15, -0.1) is 0 Å². The summed E-state index contributed by atoms with van der Waals surface area (Å²) in [5.41, 5.74) is 4.82. The van der Waals surface area contributed by atoms with Gasteiger partial charge < -0.3 is 0 Å². The van der Waals surface area contributed by atoms with Gasteiger partial charge in [-0.3, -0.25) is 4.90 Å². The van der Waals surface area contributed by atoms with Crippen LogP contribution in [0.15, 0.2) is 47.5 Å². The number of benzene rings is 1. The van der Waals surface area contributed by atoms with Crippen LogP contribution in [0.1, 0.15) is 22.4 Å². The van der Waals surface area contributed by atoms with E-state index in [1.54, 1.807) is 4.31 Å². The molecule has 0 radical (unpaired) electrons. The van der Waals surface area contributed by atoms with Gasteiger partial charge in [0.25, 0.3) is 0 Å². The predicted molar refractivity (Wildman–Crippen MR) is 110 cm³/mol. The molecule has 148 valence electrons. The van der Waals surface area contributed by atoms with Crippen LogP contribution in [0.5, 0.6) is 0 Å². The van der Waals surface area contributed by atoms with Crippen molar-refractivity contribution in [1.29, 1.82) is 0 Å². The molecular weight excluding hydrogens is 372 g/mol. The standard InChI is InChI=1S/C21H26N4O2S/c1-16-12-17(2)21(18(3)13-16)28(26,27)24-10-8-23(9-11-24)15-19-14-20-6-4-5-7-25(20)22-19/h4-7,12-14H,8-11,15H2,1-3H3. The lowest BCUT2D eigenvalue weighted by Gasteiger charge is -2.34. The summed E-state index contributed by atoms with van der Waals surface area (Å²) in [6.45, 7) is 8.91. The zero-order valence-electron chi connectivity index (χ0n) is 16.6. The third-order valence-corrected chi connectivity index (χ3v) is 7.54. The lowest BCUT2D eigenvalue weighted by molar-refractivity contribution is 0.179. The summed E-state index contributed by atoms with van der Waals surface area (Å²) in [5.74, 6) is 0. The fourth-order valence-electron chi connectivity index (χ4n) is 4.13. The Labute approximate surface area is 166 Å². The number of fused-ring (bicyclic) bond motifs is 1. The smallest absolute Gasteiger partial charge is 0.243 e. The van der Waals surface area contributed by atoms with E-state index in [1.807, 2.05) is 61.8 Å². The maximum Gasteiger partial charge on any atom is 0.243 e. The highest BCUT2D eigenvalue weighted by atomic mass is 32.2. The van der Waals surface area contributed by atoms with E-state index in [1.165, 1.54) is 0 Å². The maximum absolute atomic E-state index is 13.2. The number of aryl methyl sites for hydroxylation is 3. The molecule has 0 atom stereocenters. The quantitative estimate of drug-likeness (QED) is 0.678. The molecular formula is C21H26N4O2S. The summed E-state index contributed by atoms with van der Waals surface area (Å²) >= 11 is 0. The molecule has 0 N–H and O–H groups in total. The average Bonchev–Trinajstić information content (AvgIpc) is 3.03. The van der Waals surface area contributed by atoms with Gasteiger partial charge in [0.15, 0.2) is 0 Å². The minimum absolute atomic E-state index is 0.465. The van der Waals surface area contributed by atoms with E-state index in [0.717, 1.165) is 34.4 Å². The first-order valence-electron chi connectivity index (χ1n) is 9.58. The second-order valence-corrected chi connectivity index (χ2v) is 9.49. The SMILES string of the molecule is Cc1cc(C)c(S(=O)(=O)N2CCN(Cc3cc4ccccn4n3)CC2)c(C)c1. The summed E-state index contributed by atoms with van der Waals surface area (Å²) in [7, 11) is -3.47. The van der Waals surface area contributed by atoms with Gasteiger partial charge >= 0.3 is 0 Å². The number of piperazine rings is 1. The largest absolute Gasteiger partial charge is 0.295 e. The van der Waals surface area contributed by atoms with Crippen LogP contribution in [-0.2, 0) is 16.6 Å². The van der Waals surface area contributed by atoms with E-state index >= 15 is 0 Å². The molecule has 0 spiro atoms. The average molecular weight is 399 g/mol. The molecule has 4 rings (SSSR count). The van der Waals surface area contributed by atoms with E-state index in [2.05, 4.69) is 16.1 Å². The zero-order chi connectivity index (χ0) is 19.9. The first-order valence-corrected chi connectivity index (χ1v) is 11.0. The lowest BCUT2D eigenvalue weighted by atomic mass is 10.1. The van der Waals surface area contributed by atoms with Crippen molar-refractivity contribution < 1.29 is 8.42 Å². The number of rotatable bonds is 4. The first kappa shape index (κ1) is 19.1. The number of aromatic nitrogens is 2. The second-order valence-electron chi connectivity index (χ2n) is 7.61. The van der Waals surface area contributed by atoms with Crippen molar-refractivity contribution in [3.8, 4) is 0 Å². The van der Waals surface area contributed by atoms with Crippen molar-refractivity contribution in [3.05, 3.63) is 65.0 Å². The lowest BCUT2D eigenvalue weighted by Crippen LogP contribution is -2.48. The topological polar surface area (TPSA) is 57.9 Å². The number of pyridine rings is 1. The number of hydrogen-bond acceptors (Lipinski definition) is 4. The maximum atomic E-state index is 13.2. The van der Waals surface area contributed by atoms with Gasteiger partial charge in [0, 0.05) is 38.9 Å². The van der Waals surface area contributed by atoms with E-state index in [9.17, 15) is 8.42 Å². The van der Waals surface area contributed by atoms with Gasteiger partial charge in [-0.1, -0.05) is 23.8 Å². The normalized spacial score (nSPS) is 16.7. The summed E-state index contributed by atoms with van der Waals surface area (Å²) in [6.07, 6.45) is 1.94. The number of nitrogens with zero attached hydrogens (tertiary/aromatic N) is 4. The molecule has 0 unspecified atom stereocenters. The highest BCUT2D eigenvalue weighted by Gasteiger charge is 2.31. The molecule has 1 aliphatic heterocycles. The Kier molecular flexibility index (Phi) is 4.99. The van der Waals surface area contributed by atoms with E-state index in [4.69, 9.17) is 0 Å². The fraction of sp³-hybridized carbons (Fsp3) is 0.381. The minimum atomic E-state index is -3.47. The molecule has 3 heterocycles. The van der Waals surface area contributed by atoms with Crippen LogP contribution in [0, 0.1) is 20.8 Å². The van der Waals surface area contributed by atoms with Crippen LogP contribution in [0.3, 0.4) is 0 Å². The van der Waals surface area contributed by atoms with Crippen molar-refractivity contribution in [3.63, 3.8) is 0 Å². The summed E-state index contributed by atoms with van der Waals surface area (Å²) in [6, 6.07) is 12.0. The molecule has 0 saturated carbocycles. The molecule has 0 bridgehead atoms. The summed E-state index contributed by atoms with van der Waals surface area (Å²) in [5, 5.41) is 4.60. The van der Waals surface area contributed by atoms with Crippen molar-refractivity contribution >= 4 is 15.5 Å². The molecule has 1 aliphatic rings. The second kappa shape index (κ2) is 7.31. The van der Waals surface area contributed by atoms with E-state index in [-0.39, 0.29) is 0 Å². The van der Waals surface area contributed by atoms with Crippen molar-refractivity contribution in [2.75, 3.05) is 26.2 Å². The molecule has 0 aliphatic carbocycles. The molecule has 28 heavy (non-hydrogen) atoms. The van der Waals surface area contributed by atoms with Gasteiger partial charge in [-0.05, 0) is 50.1 Å². The molecule has 3 aromatic rings. The highest BCUT2D eigenvalue weighted by molar-refractivity contribution is 7.89. The molecule has 2 aromatic heterocycles. The Bertz CT molecular complexity index is 1060. The van der Waals surface area contributed by atoms with E-state index < -0.39 is 10.0 Å². The molecule has 1 fully saturated rings. The van der Waals surface area contributed by atoms with Crippen LogP contribution >= 0.6 is 0 Å². The van der Waals surface area contributed by atoms with Gasteiger partial charge in [0.1, 0.15) is 0 Å². The highest BCUT2D eigenvalue weighted by Crippen LogP contribution is 2.26. The predicted octanol–water partition coefficient (Wildman–Crippen LogP) is 2.77. The van der Waals surface area contributed by atoms with Gasteiger partial charge in [-0.2, -0.15) is 9.40 Å². The summed E-state index contributed by atoms with van der Waals surface area (Å²) < 4.78 is 29.9. The molecule has 1 saturated heterocycles. The van der Waals surface area contributed by atoms with Crippen LogP contribution < -0.4 is 0 Å². The Morgan fingerprint density at radius 3 is 2.29 bits per heavy atom. The van der Waals surface area contributed by atoms with E-state index in [0.29, 0.717) is 31.1 Å². The third-order valence-electron chi connectivity index (χ3n) is 5.34. The Balaban J connectivity index is 1.46. The Morgan fingerprint density at radius 1 is 0.964 bits per heavy atom. The zero-order valence-corrected chi connectivity index (χ0v) is 17.4. The Hall–Kier alpha value is -2.22. The molecule has 7 heteroatoms. The Morgan fingerprint density at radius 2 is 1.64 bits per heavy atom. The van der Waals surface area contributed by atoms with Gasteiger partial charge in [0.2, 0.25) is 10.0 Å². The molecule has 0 amide bonds. The fourth-order valence-corrected chi connectivity index (χ4v) is 5.96. The summed E-state index contributed by atoms with van der Waals surface area (Å²) in [4.78, 5) is 2.73. The first-order chi connectivity index (χ1) is 13.3. The van der Waals surface area contributed by atoms with Gasteiger partial charge in [0.05, 0.1) is 16.1 Å².